The third-order valence-electron chi connectivity index (χ3n) is 2.83. The summed E-state index contributed by atoms with van der Waals surface area (Å²) in [7, 11) is 0. The van der Waals surface area contributed by atoms with E-state index in [0.717, 1.165) is 12.8 Å². The second kappa shape index (κ2) is 3.04. The first-order chi connectivity index (χ1) is 5.43. The van der Waals surface area contributed by atoms with Crippen molar-refractivity contribution in [3.63, 3.8) is 0 Å². The molecule has 1 nitrogen and oxygen atoms in total. The van der Waals surface area contributed by atoms with Crippen LogP contribution in [0.5, 0.6) is 0 Å². The van der Waals surface area contributed by atoms with E-state index >= 15 is 0 Å². The molecular formula is C11H18O. The fourth-order valence-corrected chi connectivity index (χ4v) is 2.28. The normalized spacial score (nSPS) is 28.0. The quantitative estimate of drug-likeness (QED) is 0.547. The van der Waals surface area contributed by atoms with Gasteiger partial charge in [0.2, 0.25) is 0 Å². The summed E-state index contributed by atoms with van der Waals surface area (Å²) in [6.07, 6.45) is 4.38. The maximum absolute atomic E-state index is 11.3. The number of allylic oxidation sites excluding steroid dienone is 2. The molecule has 1 unspecified atom stereocenters. The van der Waals surface area contributed by atoms with Gasteiger partial charge in [-0.2, -0.15) is 0 Å². The van der Waals surface area contributed by atoms with Crippen molar-refractivity contribution in [3.05, 3.63) is 11.6 Å². The Morgan fingerprint density at radius 2 is 2.17 bits per heavy atom. The maximum atomic E-state index is 11.3. The number of Topliss-reactive ketones (excluding diaryl/α,β-unsaturated/α-hetero) is 1. The SMILES string of the molecule is CC(=O)C1CCC(C)=CC1(C)C. The van der Waals surface area contributed by atoms with E-state index in [2.05, 4.69) is 26.8 Å². The van der Waals surface area contributed by atoms with Gasteiger partial charge < -0.3 is 0 Å². The van der Waals surface area contributed by atoms with Gasteiger partial charge in [0, 0.05) is 5.92 Å². The number of ketones is 1. The number of carbonyl (C=O) groups is 1. The van der Waals surface area contributed by atoms with Crippen LogP contribution in [0.3, 0.4) is 0 Å². The van der Waals surface area contributed by atoms with Crippen LogP contribution in [0.2, 0.25) is 0 Å². The van der Waals surface area contributed by atoms with Crippen LogP contribution in [0.15, 0.2) is 11.6 Å². The Labute approximate surface area is 74.9 Å². The van der Waals surface area contributed by atoms with Gasteiger partial charge in [-0.15, -0.1) is 0 Å². The Hall–Kier alpha value is -0.590. The van der Waals surface area contributed by atoms with E-state index in [-0.39, 0.29) is 11.3 Å². The predicted octanol–water partition coefficient (Wildman–Crippen LogP) is 2.96. The molecule has 1 aliphatic carbocycles. The largest absolute Gasteiger partial charge is 0.300 e. The number of hydrogen-bond donors (Lipinski definition) is 0. The summed E-state index contributed by atoms with van der Waals surface area (Å²) in [6.45, 7) is 8.17. The van der Waals surface area contributed by atoms with Crippen molar-refractivity contribution < 1.29 is 4.79 Å². The number of rotatable bonds is 1. The predicted molar refractivity (Wildman–Crippen MR) is 50.9 cm³/mol. The lowest BCUT2D eigenvalue weighted by atomic mass is 9.69. The van der Waals surface area contributed by atoms with Gasteiger partial charge in [-0.05, 0) is 32.1 Å². The lowest BCUT2D eigenvalue weighted by molar-refractivity contribution is -0.123. The van der Waals surface area contributed by atoms with Crippen LogP contribution in [-0.4, -0.2) is 5.78 Å². The standard InChI is InChI=1S/C11H18O/c1-8-5-6-10(9(2)12)11(3,4)7-8/h7,10H,5-6H2,1-4H3. The lowest BCUT2D eigenvalue weighted by Crippen LogP contribution is -2.30. The van der Waals surface area contributed by atoms with Gasteiger partial charge in [-0.25, -0.2) is 0 Å². The van der Waals surface area contributed by atoms with Crippen LogP contribution in [-0.2, 0) is 4.79 Å². The molecule has 0 fully saturated rings. The molecule has 0 N–H and O–H groups in total. The Kier molecular flexibility index (Phi) is 2.41. The van der Waals surface area contributed by atoms with Crippen molar-refractivity contribution in [2.24, 2.45) is 11.3 Å². The highest BCUT2D eigenvalue weighted by Gasteiger charge is 2.33. The lowest BCUT2D eigenvalue weighted by Gasteiger charge is -2.34. The molecule has 0 aliphatic heterocycles. The number of carbonyl (C=O) groups excluding carboxylic acids is 1. The Balaban J connectivity index is 2.89. The van der Waals surface area contributed by atoms with Crippen molar-refractivity contribution in [2.45, 2.75) is 40.5 Å². The van der Waals surface area contributed by atoms with E-state index in [1.54, 1.807) is 6.92 Å². The minimum Gasteiger partial charge on any atom is -0.300 e. The second-order valence-corrected chi connectivity index (χ2v) is 4.51. The summed E-state index contributed by atoms with van der Waals surface area (Å²) in [4.78, 5) is 11.3. The average Bonchev–Trinajstić information content (AvgIpc) is 1.82. The molecule has 0 spiro atoms. The monoisotopic (exact) mass is 166 g/mol. The van der Waals surface area contributed by atoms with E-state index in [0.29, 0.717) is 5.78 Å². The molecule has 0 aromatic heterocycles. The molecule has 0 amide bonds. The van der Waals surface area contributed by atoms with Crippen LogP contribution >= 0.6 is 0 Å². The van der Waals surface area contributed by atoms with Crippen LogP contribution in [0.25, 0.3) is 0 Å². The molecular weight excluding hydrogens is 148 g/mol. The average molecular weight is 166 g/mol. The van der Waals surface area contributed by atoms with Crippen molar-refractivity contribution in [3.8, 4) is 0 Å². The molecule has 0 saturated heterocycles. The Morgan fingerprint density at radius 3 is 2.58 bits per heavy atom. The van der Waals surface area contributed by atoms with E-state index < -0.39 is 0 Å². The minimum absolute atomic E-state index is 0.0775. The van der Waals surface area contributed by atoms with Gasteiger partial charge in [0.05, 0.1) is 0 Å². The molecule has 0 aromatic carbocycles. The van der Waals surface area contributed by atoms with Gasteiger partial charge in [-0.3, -0.25) is 4.79 Å². The van der Waals surface area contributed by atoms with E-state index in [4.69, 9.17) is 0 Å². The van der Waals surface area contributed by atoms with Crippen molar-refractivity contribution >= 4 is 5.78 Å². The highest BCUT2D eigenvalue weighted by Crippen LogP contribution is 2.38. The minimum atomic E-state index is 0.0775. The molecule has 1 rings (SSSR count). The third kappa shape index (κ3) is 1.77. The first-order valence-corrected chi connectivity index (χ1v) is 4.62. The summed E-state index contributed by atoms with van der Waals surface area (Å²) in [6, 6.07) is 0. The molecule has 0 heterocycles. The molecule has 1 heteroatoms. The third-order valence-corrected chi connectivity index (χ3v) is 2.83. The molecule has 0 radical (unpaired) electrons. The van der Waals surface area contributed by atoms with Crippen LogP contribution < -0.4 is 0 Å². The molecule has 1 atom stereocenters. The molecule has 0 saturated carbocycles. The first kappa shape index (κ1) is 9.50. The van der Waals surface area contributed by atoms with Crippen molar-refractivity contribution in [1.82, 2.24) is 0 Å². The first-order valence-electron chi connectivity index (χ1n) is 4.62. The smallest absolute Gasteiger partial charge is 0.133 e. The van der Waals surface area contributed by atoms with Gasteiger partial charge in [0.25, 0.3) is 0 Å². The molecule has 12 heavy (non-hydrogen) atoms. The van der Waals surface area contributed by atoms with Gasteiger partial charge >= 0.3 is 0 Å². The molecule has 68 valence electrons. The van der Waals surface area contributed by atoms with Gasteiger partial charge in [0.1, 0.15) is 5.78 Å². The van der Waals surface area contributed by atoms with Crippen molar-refractivity contribution in [1.29, 1.82) is 0 Å². The molecule has 1 aliphatic rings. The van der Waals surface area contributed by atoms with Crippen LogP contribution in [0.4, 0.5) is 0 Å². The van der Waals surface area contributed by atoms with E-state index in [1.165, 1.54) is 5.57 Å². The van der Waals surface area contributed by atoms with Crippen molar-refractivity contribution in [2.75, 3.05) is 0 Å². The van der Waals surface area contributed by atoms with Gasteiger partial charge in [-0.1, -0.05) is 25.5 Å². The second-order valence-electron chi connectivity index (χ2n) is 4.51. The highest BCUT2D eigenvalue weighted by molar-refractivity contribution is 5.79. The van der Waals surface area contributed by atoms with Gasteiger partial charge in [0.15, 0.2) is 0 Å². The summed E-state index contributed by atoms with van der Waals surface area (Å²) < 4.78 is 0. The number of hydrogen-bond acceptors (Lipinski definition) is 1. The van der Waals surface area contributed by atoms with E-state index in [1.807, 2.05) is 0 Å². The van der Waals surface area contributed by atoms with Crippen LogP contribution in [0.1, 0.15) is 40.5 Å². The van der Waals surface area contributed by atoms with Crippen LogP contribution in [0, 0.1) is 11.3 Å². The zero-order valence-corrected chi connectivity index (χ0v) is 8.48. The summed E-state index contributed by atoms with van der Waals surface area (Å²) in [5.74, 6) is 0.574. The zero-order valence-electron chi connectivity index (χ0n) is 8.48. The maximum Gasteiger partial charge on any atom is 0.133 e. The summed E-state index contributed by atoms with van der Waals surface area (Å²) >= 11 is 0. The highest BCUT2D eigenvalue weighted by atomic mass is 16.1. The van der Waals surface area contributed by atoms with E-state index in [9.17, 15) is 4.79 Å². The molecule has 0 aromatic rings. The topological polar surface area (TPSA) is 17.1 Å². The Bertz CT molecular complexity index is 223. The summed E-state index contributed by atoms with van der Waals surface area (Å²) in [5, 5.41) is 0. The zero-order chi connectivity index (χ0) is 9.35. The Morgan fingerprint density at radius 1 is 1.58 bits per heavy atom. The fourth-order valence-electron chi connectivity index (χ4n) is 2.28. The fraction of sp³-hybridized carbons (Fsp3) is 0.727. The molecule has 0 bridgehead atoms. The summed E-state index contributed by atoms with van der Waals surface area (Å²) in [5.41, 5.74) is 1.51.